The van der Waals surface area contributed by atoms with Gasteiger partial charge in [0.2, 0.25) is 6.54 Å². The summed E-state index contributed by atoms with van der Waals surface area (Å²) in [5, 5.41) is 10.1. The molecule has 0 saturated heterocycles. The lowest BCUT2D eigenvalue weighted by atomic mass is 10.2. The van der Waals surface area contributed by atoms with Crippen molar-refractivity contribution in [1.82, 2.24) is 4.98 Å². The van der Waals surface area contributed by atoms with E-state index >= 15 is 0 Å². The first-order valence-corrected chi connectivity index (χ1v) is 3.83. The molecule has 5 nitrogen and oxygen atoms in total. The van der Waals surface area contributed by atoms with Crippen molar-refractivity contribution in [3.05, 3.63) is 34.1 Å². The van der Waals surface area contributed by atoms with Crippen molar-refractivity contribution in [2.75, 3.05) is 13.7 Å². The Morgan fingerprint density at radius 3 is 3.08 bits per heavy atom. The Kier molecular flexibility index (Phi) is 3.19. The Morgan fingerprint density at radius 2 is 2.46 bits per heavy atom. The zero-order chi connectivity index (χ0) is 9.68. The summed E-state index contributed by atoms with van der Waals surface area (Å²) in [6.07, 6.45) is 1.91. The van der Waals surface area contributed by atoms with E-state index in [0.717, 1.165) is 0 Å². The van der Waals surface area contributed by atoms with Gasteiger partial charge in [-0.2, -0.15) is 0 Å². The van der Waals surface area contributed by atoms with E-state index < -0.39 is 0 Å². The molecule has 0 aliphatic rings. The lowest BCUT2D eigenvalue weighted by Crippen LogP contribution is -2.05. The van der Waals surface area contributed by atoms with Gasteiger partial charge in [0, 0.05) is 17.2 Å². The van der Waals surface area contributed by atoms with Crippen LogP contribution in [0.1, 0.15) is 5.69 Å². The largest absolute Gasteiger partial charge is 0.497 e. The molecule has 0 amide bonds. The number of ether oxygens (including phenoxy) is 1. The Bertz CT molecular complexity index is 301. The van der Waals surface area contributed by atoms with E-state index in [1.165, 1.54) is 0 Å². The second-order valence-corrected chi connectivity index (χ2v) is 2.49. The van der Waals surface area contributed by atoms with Crippen LogP contribution in [0, 0.1) is 10.1 Å². The van der Waals surface area contributed by atoms with E-state index in [9.17, 15) is 10.1 Å². The van der Waals surface area contributed by atoms with Gasteiger partial charge in [0.25, 0.3) is 0 Å². The fourth-order valence-electron chi connectivity index (χ4n) is 0.926. The number of methoxy groups -OCH3 is 1. The maximum Gasteiger partial charge on any atom is 0.209 e. The quantitative estimate of drug-likeness (QED) is 0.512. The highest BCUT2D eigenvalue weighted by Crippen LogP contribution is 2.09. The van der Waals surface area contributed by atoms with Crippen molar-refractivity contribution < 1.29 is 9.66 Å². The van der Waals surface area contributed by atoms with Crippen molar-refractivity contribution in [3.8, 4) is 5.75 Å². The van der Waals surface area contributed by atoms with Gasteiger partial charge in [-0.25, -0.2) is 0 Å². The van der Waals surface area contributed by atoms with Crippen LogP contribution in [0.25, 0.3) is 0 Å². The Balaban J connectivity index is 2.61. The summed E-state index contributed by atoms with van der Waals surface area (Å²) in [5.41, 5.74) is 0.677. The third-order valence-corrected chi connectivity index (χ3v) is 1.57. The minimum atomic E-state index is -0.360. The number of nitro groups is 1. The smallest absolute Gasteiger partial charge is 0.209 e. The first-order valence-electron chi connectivity index (χ1n) is 3.83. The molecule has 1 aromatic rings. The molecule has 0 aliphatic carbocycles. The van der Waals surface area contributed by atoms with Crippen LogP contribution < -0.4 is 4.74 Å². The molecule has 0 atom stereocenters. The van der Waals surface area contributed by atoms with Crippen LogP contribution in [0.5, 0.6) is 5.75 Å². The van der Waals surface area contributed by atoms with Gasteiger partial charge in [-0.05, 0) is 6.07 Å². The maximum atomic E-state index is 10.1. The highest BCUT2D eigenvalue weighted by atomic mass is 16.6. The normalized spacial score (nSPS) is 9.62. The number of hydrogen-bond donors (Lipinski definition) is 0. The molecular formula is C8H10N2O3. The number of pyridine rings is 1. The van der Waals surface area contributed by atoms with Gasteiger partial charge in [-0.1, -0.05) is 0 Å². The summed E-state index contributed by atoms with van der Waals surface area (Å²) < 4.78 is 4.95. The van der Waals surface area contributed by atoms with Gasteiger partial charge in [0.1, 0.15) is 5.75 Å². The minimum Gasteiger partial charge on any atom is -0.497 e. The number of rotatable bonds is 4. The standard InChI is InChI=1S/C8H10N2O3/c1-13-8-2-4-9-7(6-8)3-5-10(11)12/h2,4,6H,3,5H2,1H3. The van der Waals surface area contributed by atoms with Crippen LogP contribution in [0.15, 0.2) is 18.3 Å². The lowest BCUT2D eigenvalue weighted by Gasteiger charge is -2.00. The minimum absolute atomic E-state index is 0.0971. The molecule has 5 heteroatoms. The van der Waals surface area contributed by atoms with Gasteiger partial charge in [-0.15, -0.1) is 0 Å². The molecule has 0 unspecified atom stereocenters. The molecule has 0 aliphatic heterocycles. The van der Waals surface area contributed by atoms with Gasteiger partial charge in [0.15, 0.2) is 0 Å². The molecule has 1 heterocycles. The molecule has 70 valence electrons. The van der Waals surface area contributed by atoms with Crippen LogP contribution in [-0.4, -0.2) is 23.6 Å². The van der Waals surface area contributed by atoms with E-state index in [1.807, 2.05) is 0 Å². The van der Waals surface area contributed by atoms with Crippen LogP contribution in [0.2, 0.25) is 0 Å². The molecule has 0 spiro atoms. The van der Waals surface area contributed by atoms with Gasteiger partial charge < -0.3 is 4.74 Å². The van der Waals surface area contributed by atoms with Crippen LogP contribution in [-0.2, 0) is 6.42 Å². The van der Waals surface area contributed by atoms with E-state index in [1.54, 1.807) is 25.4 Å². The highest BCUT2D eigenvalue weighted by molar-refractivity contribution is 5.22. The molecule has 0 saturated carbocycles. The first kappa shape index (κ1) is 9.44. The Labute approximate surface area is 75.5 Å². The third-order valence-electron chi connectivity index (χ3n) is 1.57. The second kappa shape index (κ2) is 4.39. The van der Waals surface area contributed by atoms with E-state index in [-0.39, 0.29) is 11.5 Å². The zero-order valence-corrected chi connectivity index (χ0v) is 7.27. The summed E-state index contributed by atoms with van der Waals surface area (Å²) in [7, 11) is 1.55. The summed E-state index contributed by atoms with van der Waals surface area (Å²) >= 11 is 0. The first-order chi connectivity index (χ1) is 6.22. The second-order valence-electron chi connectivity index (χ2n) is 2.49. The van der Waals surface area contributed by atoms with Gasteiger partial charge in [-0.3, -0.25) is 15.1 Å². The monoisotopic (exact) mass is 182 g/mol. The highest BCUT2D eigenvalue weighted by Gasteiger charge is 2.01. The van der Waals surface area contributed by atoms with Gasteiger partial charge in [0.05, 0.1) is 19.2 Å². The average molecular weight is 182 g/mol. The average Bonchev–Trinajstić information content (AvgIpc) is 2.15. The van der Waals surface area contributed by atoms with Crippen molar-refractivity contribution in [2.24, 2.45) is 0 Å². The van der Waals surface area contributed by atoms with Crippen LogP contribution in [0.3, 0.4) is 0 Å². The molecular weight excluding hydrogens is 172 g/mol. The lowest BCUT2D eigenvalue weighted by molar-refractivity contribution is -0.479. The third kappa shape index (κ3) is 3.06. The number of aromatic nitrogens is 1. The van der Waals surface area contributed by atoms with E-state index in [0.29, 0.717) is 17.9 Å². The van der Waals surface area contributed by atoms with Crippen molar-refractivity contribution in [3.63, 3.8) is 0 Å². The molecule has 0 fully saturated rings. The van der Waals surface area contributed by atoms with E-state index in [2.05, 4.69) is 4.98 Å². The molecule has 0 radical (unpaired) electrons. The molecule has 0 N–H and O–H groups in total. The van der Waals surface area contributed by atoms with Crippen LogP contribution in [0.4, 0.5) is 0 Å². The molecule has 0 aromatic carbocycles. The van der Waals surface area contributed by atoms with Crippen LogP contribution >= 0.6 is 0 Å². The van der Waals surface area contributed by atoms with Crippen molar-refractivity contribution in [2.45, 2.75) is 6.42 Å². The SMILES string of the molecule is COc1ccnc(CC[N+](=O)[O-])c1. The topological polar surface area (TPSA) is 65.3 Å². The zero-order valence-electron chi connectivity index (χ0n) is 7.27. The van der Waals surface area contributed by atoms with Gasteiger partial charge >= 0.3 is 0 Å². The summed E-state index contributed by atoms with van der Waals surface area (Å²) in [4.78, 5) is 13.7. The fourth-order valence-corrected chi connectivity index (χ4v) is 0.926. The summed E-state index contributed by atoms with van der Waals surface area (Å²) in [6, 6.07) is 3.40. The molecule has 1 aromatic heterocycles. The summed E-state index contributed by atoms with van der Waals surface area (Å²) in [6.45, 7) is -0.0971. The predicted octanol–water partition coefficient (Wildman–Crippen LogP) is 0.909. The van der Waals surface area contributed by atoms with E-state index in [4.69, 9.17) is 4.74 Å². The number of hydrogen-bond acceptors (Lipinski definition) is 4. The Hall–Kier alpha value is -1.65. The summed E-state index contributed by atoms with van der Waals surface area (Å²) in [5.74, 6) is 0.674. The Morgan fingerprint density at radius 1 is 1.69 bits per heavy atom. The predicted molar refractivity (Wildman–Crippen MR) is 46.4 cm³/mol. The number of nitrogens with zero attached hydrogens (tertiary/aromatic N) is 2. The van der Waals surface area contributed by atoms with Crippen molar-refractivity contribution in [1.29, 1.82) is 0 Å². The fraction of sp³-hybridized carbons (Fsp3) is 0.375. The maximum absolute atomic E-state index is 10.1. The van der Waals surface area contributed by atoms with Crippen molar-refractivity contribution >= 4 is 0 Å². The molecule has 13 heavy (non-hydrogen) atoms. The molecule has 0 bridgehead atoms. The molecule has 1 rings (SSSR count).